The normalized spacial score (nSPS) is 54.0. The van der Waals surface area contributed by atoms with Gasteiger partial charge in [0.25, 0.3) is 0 Å². The number of fused-ring (bicyclic) bond motifs is 2. The monoisotopic (exact) mass is 226 g/mol. The van der Waals surface area contributed by atoms with Crippen LogP contribution in [0.15, 0.2) is 0 Å². The highest BCUT2D eigenvalue weighted by Gasteiger charge is 2.42. The van der Waals surface area contributed by atoms with Gasteiger partial charge in [0, 0.05) is 5.38 Å². The van der Waals surface area contributed by atoms with Crippen LogP contribution in [-0.2, 0) is 0 Å². The quantitative estimate of drug-likeness (QED) is 0.610. The first-order valence-corrected chi connectivity index (χ1v) is 7.31. The second kappa shape index (κ2) is 3.95. The van der Waals surface area contributed by atoms with E-state index in [1.165, 1.54) is 19.3 Å². The van der Waals surface area contributed by atoms with Crippen molar-refractivity contribution in [1.82, 2.24) is 0 Å². The molecule has 0 saturated heterocycles. The fraction of sp³-hybridized carbons (Fsp3) is 1.00. The molecule has 0 amide bonds. The number of halogens is 1. The van der Waals surface area contributed by atoms with E-state index < -0.39 is 0 Å². The molecule has 3 rings (SSSR count). The van der Waals surface area contributed by atoms with Crippen LogP contribution in [0.25, 0.3) is 0 Å². The van der Waals surface area contributed by atoms with Gasteiger partial charge in [-0.05, 0) is 68.1 Å². The first kappa shape index (κ1) is 10.4. The van der Waals surface area contributed by atoms with Crippen LogP contribution in [0.4, 0.5) is 0 Å². The van der Waals surface area contributed by atoms with Gasteiger partial charge in [0.05, 0.1) is 0 Å². The Morgan fingerprint density at radius 2 is 1.87 bits per heavy atom. The highest BCUT2D eigenvalue weighted by Crippen LogP contribution is 2.52. The predicted octanol–water partition coefficient (Wildman–Crippen LogP) is 4.47. The Labute approximate surface area is 98.8 Å². The predicted molar refractivity (Wildman–Crippen MR) is 65.1 cm³/mol. The molecule has 3 fully saturated rings. The van der Waals surface area contributed by atoms with Crippen LogP contribution in [0.3, 0.4) is 0 Å². The first-order valence-electron chi connectivity index (χ1n) is 6.88. The van der Waals surface area contributed by atoms with Gasteiger partial charge in [-0.15, -0.1) is 11.6 Å². The van der Waals surface area contributed by atoms with Gasteiger partial charge in [0.2, 0.25) is 0 Å². The molecule has 1 heteroatoms. The summed E-state index contributed by atoms with van der Waals surface area (Å²) < 4.78 is 0. The lowest BCUT2D eigenvalue weighted by Crippen LogP contribution is -2.18. The van der Waals surface area contributed by atoms with Crippen LogP contribution in [0.1, 0.15) is 51.9 Å². The lowest BCUT2D eigenvalue weighted by atomic mass is 9.79. The van der Waals surface area contributed by atoms with E-state index in [0.29, 0.717) is 5.38 Å². The molecule has 0 aromatic heterocycles. The Hall–Kier alpha value is 0.290. The number of rotatable bonds is 2. The van der Waals surface area contributed by atoms with Crippen LogP contribution < -0.4 is 0 Å². The lowest BCUT2D eigenvalue weighted by molar-refractivity contribution is 0.244. The molecular weight excluding hydrogens is 204 g/mol. The molecule has 6 unspecified atom stereocenters. The zero-order chi connectivity index (χ0) is 10.4. The standard InChI is InChI=1S/C14H23Cl/c1-9-11(4-5-14(9)15)8-13-7-10-2-3-12(13)6-10/h9-14H,2-8H2,1H3. The molecule has 0 radical (unpaired) electrons. The van der Waals surface area contributed by atoms with Crippen LogP contribution in [-0.4, -0.2) is 5.38 Å². The Bertz CT molecular complexity index is 235. The maximum atomic E-state index is 6.32. The molecule has 3 aliphatic carbocycles. The molecule has 15 heavy (non-hydrogen) atoms. The average molecular weight is 227 g/mol. The molecule has 2 bridgehead atoms. The maximum absolute atomic E-state index is 6.32. The molecule has 0 nitrogen and oxygen atoms in total. The third kappa shape index (κ3) is 1.84. The number of hydrogen-bond acceptors (Lipinski definition) is 0. The molecule has 6 atom stereocenters. The molecule has 86 valence electrons. The zero-order valence-corrected chi connectivity index (χ0v) is 10.5. The fourth-order valence-corrected chi connectivity index (χ4v) is 4.91. The molecule has 0 aromatic rings. The van der Waals surface area contributed by atoms with Crippen molar-refractivity contribution < 1.29 is 0 Å². The van der Waals surface area contributed by atoms with Gasteiger partial charge in [-0.2, -0.15) is 0 Å². The van der Waals surface area contributed by atoms with Gasteiger partial charge in [0.1, 0.15) is 0 Å². The highest BCUT2D eigenvalue weighted by atomic mass is 35.5. The van der Waals surface area contributed by atoms with Crippen molar-refractivity contribution in [1.29, 1.82) is 0 Å². The van der Waals surface area contributed by atoms with Gasteiger partial charge < -0.3 is 0 Å². The maximum Gasteiger partial charge on any atom is 0.0364 e. The minimum Gasteiger partial charge on any atom is -0.123 e. The minimum atomic E-state index is 0.480. The van der Waals surface area contributed by atoms with E-state index in [4.69, 9.17) is 11.6 Å². The molecule has 0 aliphatic heterocycles. The van der Waals surface area contributed by atoms with Crippen molar-refractivity contribution in [2.45, 2.75) is 57.2 Å². The van der Waals surface area contributed by atoms with E-state index in [-0.39, 0.29) is 0 Å². The first-order chi connectivity index (χ1) is 7.24. The van der Waals surface area contributed by atoms with E-state index in [1.807, 2.05) is 0 Å². The zero-order valence-electron chi connectivity index (χ0n) is 9.79. The van der Waals surface area contributed by atoms with Crippen molar-refractivity contribution in [3.63, 3.8) is 0 Å². The molecule has 3 aliphatic rings. The summed E-state index contributed by atoms with van der Waals surface area (Å²) in [6, 6.07) is 0. The van der Waals surface area contributed by atoms with Gasteiger partial charge in [-0.25, -0.2) is 0 Å². The van der Waals surface area contributed by atoms with E-state index in [2.05, 4.69) is 6.92 Å². The minimum absolute atomic E-state index is 0.480. The summed E-state index contributed by atoms with van der Waals surface area (Å²) in [5.41, 5.74) is 0. The summed E-state index contributed by atoms with van der Waals surface area (Å²) in [4.78, 5) is 0. The number of alkyl halides is 1. The van der Waals surface area contributed by atoms with Gasteiger partial charge in [-0.3, -0.25) is 0 Å². The second-order valence-electron chi connectivity index (χ2n) is 6.38. The molecular formula is C14H23Cl. The van der Waals surface area contributed by atoms with Crippen molar-refractivity contribution >= 4 is 11.6 Å². The summed E-state index contributed by atoms with van der Waals surface area (Å²) >= 11 is 6.32. The Morgan fingerprint density at radius 1 is 1.00 bits per heavy atom. The Balaban J connectivity index is 1.57. The third-order valence-electron chi connectivity index (χ3n) is 5.62. The fourth-order valence-electron chi connectivity index (χ4n) is 4.58. The summed E-state index contributed by atoms with van der Waals surface area (Å²) in [6.45, 7) is 2.38. The van der Waals surface area contributed by atoms with E-state index in [0.717, 1.165) is 29.6 Å². The summed E-state index contributed by atoms with van der Waals surface area (Å²) in [5.74, 6) is 5.04. The van der Waals surface area contributed by atoms with Crippen molar-refractivity contribution in [3.8, 4) is 0 Å². The molecule has 3 saturated carbocycles. The average Bonchev–Trinajstić information content (AvgIpc) is 2.89. The van der Waals surface area contributed by atoms with Gasteiger partial charge >= 0.3 is 0 Å². The van der Waals surface area contributed by atoms with Gasteiger partial charge in [0.15, 0.2) is 0 Å². The topological polar surface area (TPSA) is 0 Å². The van der Waals surface area contributed by atoms with Crippen LogP contribution >= 0.6 is 11.6 Å². The second-order valence-corrected chi connectivity index (χ2v) is 6.94. The third-order valence-corrected chi connectivity index (χ3v) is 6.23. The van der Waals surface area contributed by atoms with E-state index in [9.17, 15) is 0 Å². The molecule has 0 N–H and O–H groups in total. The Morgan fingerprint density at radius 3 is 2.40 bits per heavy atom. The summed E-state index contributed by atoms with van der Waals surface area (Å²) in [5, 5.41) is 0.480. The largest absolute Gasteiger partial charge is 0.123 e. The van der Waals surface area contributed by atoms with Crippen molar-refractivity contribution in [3.05, 3.63) is 0 Å². The number of hydrogen-bond donors (Lipinski definition) is 0. The highest BCUT2D eigenvalue weighted by molar-refractivity contribution is 6.20. The SMILES string of the molecule is CC1C(Cl)CCC1CC1CC2CCC1C2. The summed E-state index contributed by atoms with van der Waals surface area (Å²) in [6.07, 6.45) is 10.4. The molecule has 0 aromatic carbocycles. The van der Waals surface area contributed by atoms with E-state index in [1.54, 1.807) is 25.7 Å². The smallest absolute Gasteiger partial charge is 0.0364 e. The molecule has 0 spiro atoms. The molecule has 0 heterocycles. The van der Waals surface area contributed by atoms with Gasteiger partial charge in [-0.1, -0.05) is 13.3 Å². The van der Waals surface area contributed by atoms with Crippen molar-refractivity contribution in [2.24, 2.45) is 29.6 Å². The summed E-state index contributed by atoms with van der Waals surface area (Å²) in [7, 11) is 0. The lowest BCUT2D eigenvalue weighted by Gasteiger charge is -2.27. The van der Waals surface area contributed by atoms with E-state index >= 15 is 0 Å². The van der Waals surface area contributed by atoms with Crippen LogP contribution in [0.2, 0.25) is 0 Å². The van der Waals surface area contributed by atoms with Crippen LogP contribution in [0, 0.1) is 29.6 Å². The Kier molecular flexibility index (Phi) is 2.75. The van der Waals surface area contributed by atoms with Crippen molar-refractivity contribution in [2.75, 3.05) is 0 Å². The van der Waals surface area contributed by atoms with Crippen LogP contribution in [0.5, 0.6) is 0 Å².